The molecule has 0 aliphatic carbocycles. The van der Waals surface area contributed by atoms with Gasteiger partial charge in [-0.15, -0.1) is 0 Å². The molecule has 2 aromatic heterocycles. The van der Waals surface area contributed by atoms with E-state index in [0.717, 1.165) is 55.6 Å². The predicted molar refractivity (Wildman–Crippen MR) is 114 cm³/mol. The summed E-state index contributed by atoms with van der Waals surface area (Å²) in [4.78, 5) is 11.5. The second-order valence-electron chi connectivity index (χ2n) is 7.45. The van der Waals surface area contributed by atoms with Gasteiger partial charge in [0.25, 0.3) is 0 Å². The smallest absolute Gasteiger partial charge is 0.101 e. The van der Waals surface area contributed by atoms with Gasteiger partial charge in [0, 0.05) is 72.6 Å². The van der Waals surface area contributed by atoms with Crippen molar-refractivity contribution in [3.05, 3.63) is 66.0 Å². The van der Waals surface area contributed by atoms with Crippen LogP contribution in [-0.4, -0.2) is 47.6 Å². The number of benzene rings is 2. The van der Waals surface area contributed by atoms with Crippen LogP contribution in [0.2, 0.25) is 0 Å². The molecule has 0 spiro atoms. The zero-order valence-corrected chi connectivity index (χ0v) is 15.8. The molecule has 4 aromatic rings. The third kappa shape index (κ3) is 2.92. The number of aromatic amines is 2. The first kappa shape index (κ1) is 16.9. The molecule has 1 fully saturated rings. The molecular formula is C23H23N5. The maximum atomic E-state index is 9.43. The Bertz CT molecular complexity index is 1150. The Hall–Kier alpha value is -3.23. The number of para-hydroxylation sites is 1. The largest absolute Gasteiger partial charge is 0.368 e. The van der Waals surface area contributed by atoms with Gasteiger partial charge in [0.15, 0.2) is 0 Å². The van der Waals surface area contributed by atoms with Crippen molar-refractivity contribution in [3.63, 3.8) is 0 Å². The fourth-order valence-electron chi connectivity index (χ4n) is 4.35. The van der Waals surface area contributed by atoms with E-state index >= 15 is 0 Å². The maximum Gasteiger partial charge on any atom is 0.101 e. The molecule has 28 heavy (non-hydrogen) atoms. The number of anilines is 1. The van der Waals surface area contributed by atoms with Crippen LogP contribution in [0.15, 0.2) is 54.9 Å². The van der Waals surface area contributed by atoms with Gasteiger partial charge in [-0.05, 0) is 30.2 Å². The third-order valence-electron chi connectivity index (χ3n) is 5.89. The number of piperazine rings is 1. The Morgan fingerprint density at radius 3 is 2.54 bits per heavy atom. The molecule has 0 radical (unpaired) electrons. The highest BCUT2D eigenvalue weighted by atomic mass is 15.3. The van der Waals surface area contributed by atoms with E-state index in [1.165, 1.54) is 22.2 Å². The molecule has 2 N–H and O–H groups in total. The number of H-pyrrole nitrogens is 2. The Labute approximate surface area is 164 Å². The second kappa shape index (κ2) is 7.06. The standard InChI is InChI=1S/C23H23N5/c24-14-18-16-26-21-6-3-7-22(23(18)21)28-12-10-27(11-13-28)9-8-17-15-25-20-5-2-1-4-19(17)20/h1-7,15-16,25-26H,8-13H2. The molecule has 3 heterocycles. The summed E-state index contributed by atoms with van der Waals surface area (Å²) in [6, 6.07) is 17.1. The van der Waals surface area contributed by atoms with Crippen molar-refractivity contribution < 1.29 is 0 Å². The van der Waals surface area contributed by atoms with E-state index in [2.05, 4.69) is 68.4 Å². The zero-order chi connectivity index (χ0) is 18.9. The summed E-state index contributed by atoms with van der Waals surface area (Å²) < 4.78 is 0. The zero-order valence-electron chi connectivity index (χ0n) is 15.8. The topological polar surface area (TPSA) is 61.9 Å². The average Bonchev–Trinajstić information content (AvgIpc) is 3.36. The lowest BCUT2D eigenvalue weighted by Crippen LogP contribution is -2.47. The number of hydrogen-bond acceptors (Lipinski definition) is 3. The van der Waals surface area contributed by atoms with Crippen LogP contribution in [0.3, 0.4) is 0 Å². The Balaban J connectivity index is 1.26. The summed E-state index contributed by atoms with van der Waals surface area (Å²) in [7, 11) is 0. The molecule has 1 aliphatic rings. The number of rotatable bonds is 4. The Morgan fingerprint density at radius 1 is 0.893 bits per heavy atom. The lowest BCUT2D eigenvalue weighted by atomic mass is 10.1. The molecule has 2 aromatic carbocycles. The number of nitriles is 1. The molecule has 0 amide bonds. The number of aromatic nitrogens is 2. The van der Waals surface area contributed by atoms with Crippen molar-refractivity contribution in [2.45, 2.75) is 6.42 Å². The van der Waals surface area contributed by atoms with Crippen molar-refractivity contribution in [2.75, 3.05) is 37.6 Å². The molecule has 5 nitrogen and oxygen atoms in total. The molecule has 0 bridgehead atoms. The van der Waals surface area contributed by atoms with E-state index < -0.39 is 0 Å². The Kier molecular flexibility index (Phi) is 4.27. The van der Waals surface area contributed by atoms with Gasteiger partial charge >= 0.3 is 0 Å². The minimum Gasteiger partial charge on any atom is -0.368 e. The van der Waals surface area contributed by atoms with Gasteiger partial charge in [-0.25, -0.2) is 0 Å². The number of nitrogens with one attached hydrogen (secondary N) is 2. The molecule has 1 saturated heterocycles. The van der Waals surface area contributed by atoms with Crippen molar-refractivity contribution >= 4 is 27.5 Å². The molecule has 0 unspecified atom stereocenters. The number of fused-ring (bicyclic) bond motifs is 2. The van der Waals surface area contributed by atoms with Crippen LogP contribution < -0.4 is 4.90 Å². The average molecular weight is 369 g/mol. The van der Waals surface area contributed by atoms with Gasteiger partial charge in [0.2, 0.25) is 0 Å². The normalized spacial score (nSPS) is 15.3. The van der Waals surface area contributed by atoms with Crippen LogP contribution in [-0.2, 0) is 6.42 Å². The van der Waals surface area contributed by atoms with E-state index in [4.69, 9.17) is 0 Å². The summed E-state index contributed by atoms with van der Waals surface area (Å²) in [5.41, 5.74) is 5.55. The van der Waals surface area contributed by atoms with Crippen LogP contribution in [0.1, 0.15) is 11.1 Å². The van der Waals surface area contributed by atoms with Crippen LogP contribution in [0.25, 0.3) is 21.8 Å². The molecule has 5 heteroatoms. The number of hydrogen-bond donors (Lipinski definition) is 2. The predicted octanol–water partition coefficient (Wildman–Crippen LogP) is 3.89. The van der Waals surface area contributed by atoms with Crippen LogP contribution in [0, 0.1) is 11.3 Å². The van der Waals surface area contributed by atoms with Gasteiger partial charge < -0.3 is 14.9 Å². The molecule has 0 saturated carbocycles. The highest BCUT2D eigenvalue weighted by Gasteiger charge is 2.20. The highest BCUT2D eigenvalue weighted by Crippen LogP contribution is 2.30. The van der Waals surface area contributed by atoms with Gasteiger partial charge in [-0.2, -0.15) is 5.26 Å². The SMILES string of the molecule is N#Cc1c[nH]c2cccc(N3CCN(CCc4c[nH]c5ccccc45)CC3)c12. The minimum absolute atomic E-state index is 0.729. The van der Waals surface area contributed by atoms with E-state index in [-0.39, 0.29) is 0 Å². The van der Waals surface area contributed by atoms with Crippen molar-refractivity contribution in [3.8, 4) is 6.07 Å². The van der Waals surface area contributed by atoms with Gasteiger partial charge in [-0.1, -0.05) is 24.3 Å². The summed E-state index contributed by atoms with van der Waals surface area (Å²) in [6.07, 6.45) is 5.03. The first-order chi connectivity index (χ1) is 13.8. The van der Waals surface area contributed by atoms with Crippen molar-refractivity contribution in [1.82, 2.24) is 14.9 Å². The number of nitrogens with zero attached hydrogens (tertiary/aromatic N) is 3. The molecule has 5 rings (SSSR count). The van der Waals surface area contributed by atoms with Gasteiger partial charge in [-0.3, -0.25) is 4.90 Å². The monoisotopic (exact) mass is 369 g/mol. The van der Waals surface area contributed by atoms with E-state index in [1.807, 2.05) is 12.3 Å². The van der Waals surface area contributed by atoms with E-state index in [9.17, 15) is 5.26 Å². The summed E-state index contributed by atoms with van der Waals surface area (Å²) in [5, 5.41) is 11.8. The lowest BCUT2D eigenvalue weighted by Gasteiger charge is -2.36. The van der Waals surface area contributed by atoms with E-state index in [1.54, 1.807) is 0 Å². The first-order valence-electron chi connectivity index (χ1n) is 9.86. The highest BCUT2D eigenvalue weighted by molar-refractivity contribution is 5.97. The first-order valence-corrected chi connectivity index (χ1v) is 9.86. The Morgan fingerprint density at radius 2 is 1.68 bits per heavy atom. The maximum absolute atomic E-state index is 9.43. The fourth-order valence-corrected chi connectivity index (χ4v) is 4.35. The van der Waals surface area contributed by atoms with Gasteiger partial charge in [0.05, 0.1) is 5.56 Å². The van der Waals surface area contributed by atoms with E-state index in [0.29, 0.717) is 0 Å². The fraction of sp³-hybridized carbons (Fsp3) is 0.261. The molecule has 140 valence electrons. The summed E-state index contributed by atoms with van der Waals surface area (Å²) in [5.74, 6) is 0. The minimum atomic E-state index is 0.729. The lowest BCUT2D eigenvalue weighted by molar-refractivity contribution is 0.261. The van der Waals surface area contributed by atoms with Gasteiger partial charge in [0.1, 0.15) is 6.07 Å². The third-order valence-corrected chi connectivity index (χ3v) is 5.89. The summed E-state index contributed by atoms with van der Waals surface area (Å²) in [6.45, 7) is 5.15. The second-order valence-corrected chi connectivity index (χ2v) is 7.45. The molecule has 1 aliphatic heterocycles. The quantitative estimate of drug-likeness (QED) is 0.574. The molecule has 0 atom stereocenters. The van der Waals surface area contributed by atoms with Crippen molar-refractivity contribution in [2.24, 2.45) is 0 Å². The van der Waals surface area contributed by atoms with Crippen LogP contribution in [0.5, 0.6) is 0 Å². The van der Waals surface area contributed by atoms with Crippen LogP contribution in [0.4, 0.5) is 5.69 Å². The van der Waals surface area contributed by atoms with Crippen molar-refractivity contribution in [1.29, 1.82) is 5.26 Å². The summed E-state index contributed by atoms with van der Waals surface area (Å²) >= 11 is 0. The molecular weight excluding hydrogens is 346 g/mol. The van der Waals surface area contributed by atoms with Crippen LogP contribution >= 0.6 is 0 Å².